The number of carbonyl (C=O) groups excluding carboxylic acids is 1. The minimum Gasteiger partial charge on any atom is -0.321 e. The van der Waals surface area contributed by atoms with Crippen LogP contribution in [0, 0.1) is 0 Å². The van der Waals surface area contributed by atoms with Gasteiger partial charge in [0.2, 0.25) is 0 Å². The van der Waals surface area contributed by atoms with Crippen LogP contribution >= 0.6 is 11.6 Å². The Labute approximate surface area is 145 Å². The second kappa shape index (κ2) is 6.89. The average Bonchev–Trinajstić information content (AvgIpc) is 3.05. The highest BCUT2D eigenvalue weighted by Crippen LogP contribution is 2.22. The zero-order valence-electron chi connectivity index (χ0n) is 13.5. The number of hydrogen-bond donors (Lipinski definition) is 2. The van der Waals surface area contributed by atoms with Gasteiger partial charge in [-0.2, -0.15) is 5.10 Å². The standard InChI is InChI=1S/C19H18ClN3O/c1-12(2)13-6-8-16(9-7-13)21-19(24)18-11-17(22-23-18)14-4-3-5-15(20)10-14/h3-12H,1-2H3,(H,21,24)(H,22,23). The Morgan fingerprint density at radius 3 is 2.54 bits per heavy atom. The van der Waals surface area contributed by atoms with Crippen molar-refractivity contribution >= 4 is 23.2 Å². The fourth-order valence-electron chi connectivity index (χ4n) is 2.38. The summed E-state index contributed by atoms with van der Waals surface area (Å²) >= 11 is 5.99. The molecule has 2 aromatic carbocycles. The first-order chi connectivity index (χ1) is 11.5. The summed E-state index contributed by atoms with van der Waals surface area (Å²) < 4.78 is 0. The lowest BCUT2D eigenvalue weighted by molar-refractivity contribution is 0.102. The number of aromatic amines is 1. The van der Waals surface area contributed by atoms with Crippen molar-refractivity contribution in [2.75, 3.05) is 5.32 Å². The fraction of sp³-hybridized carbons (Fsp3) is 0.158. The Balaban J connectivity index is 1.74. The number of amides is 1. The van der Waals surface area contributed by atoms with E-state index in [1.807, 2.05) is 42.5 Å². The summed E-state index contributed by atoms with van der Waals surface area (Å²) in [5.74, 6) is 0.232. The number of hydrogen-bond acceptors (Lipinski definition) is 2. The van der Waals surface area contributed by atoms with Gasteiger partial charge in [-0.3, -0.25) is 9.89 Å². The second-order valence-corrected chi connectivity index (χ2v) is 6.34. The Morgan fingerprint density at radius 2 is 1.88 bits per heavy atom. The number of rotatable bonds is 4. The lowest BCUT2D eigenvalue weighted by Gasteiger charge is -2.07. The highest BCUT2D eigenvalue weighted by Gasteiger charge is 2.12. The highest BCUT2D eigenvalue weighted by atomic mass is 35.5. The van der Waals surface area contributed by atoms with Gasteiger partial charge in [-0.1, -0.05) is 49.7 Å². The van der Waals surface area contributed by atoms with Crippen molar-refractivity contribution in [1.82, 2.24) is 10.2 Å². The maximum Gasteiger partial charge on any atom is 0.273 e. The summed E-state index contributed by atoms with van der Waals surface area (Å²) in [6.45, 7) is 4.27. The van der Waals surface area contributed by atoms with E-state index in [-0.39, 0.29) is 5.91 Å². The van der Waals surface area contributed by atoms with E-state index in [1.165, 1.54) is 5.56 Å². The molecule has 0 spiro atoms. The van der Waals surface area contributed by atoms with Crippen LogP contribution in [0.2, 0.25) is 5.02 Å². The number of nitrogens with one attached hydrogen (secondary N) is 2. The van der Waals surface area contributed by atoms with Crippen molar-refractivity contribution in [3.05, 3.63) is 70.9 Å². The molecule has 4 nitrogen and oxygen atoms in total. The van der Waals surface area contributed by atoms with Crippen molar-refractivity contribution < 1.29 is 4.79 Å². The maximum absolute atomic E-state index is 12.3. The highest BCUT2D eigenvalue weighted by molar-refractivity contribution is 6.30. The Kier molecular flexibility index (Phi) is 4.67. The van der Waals surface area contributed by atoms with Crippen LogP contribution in [0.5, 0.6) is 0 Å². The third-order valence-corrected chi connectivity index (χ3v) is 4.01. The summed E-state index contributed by atoms with van der Waals surface area (Å²) in [5.41, 5.74) is 3.93. The quantitative estimate of drug-likeness (QED) is 0.694. The van der Waals surface area contributed by atoms with E-state index >= 15 is 0 Å². The Morgan fingerprint density at radius 1 is 1.12 bits per heavy atom. The molecule has 0 aliphatic rings. The average molecular weight is 340 g/mol. The van der Waals surface area contributed by atoms with E-state index in [9.17, 15) is 4.79 Å². The molecule has 0 aliphatic heterocycles. The predicted molar refractivity (Wildman–Crippen MR) is 97.5 cm³/mol. The van der Waals surface area contributed by atoms with E-state index in [4.69, 9.17) is 11.6 Å². The van der Waals surface area contributed by atoms with E-state index in [1.54, 1.807) is 12.1 Å². The van der Waals surface area contributed by atoms with Crippen molar-refractivity contribution in [2.24, 2.45) is 0 Å². The second-order valence-electron chi connectivity index (χ2n) is 5.91. The normalized spacial score (nSPS) is 10.8. The number of benzene rings is 2. The van der Waals surface area contributed by atoms with E-state index in [0.29, 0.717) is 22.3 Å². The van der Waals surface area contributed by atoms with Crippen LogP contribution in [0.3, 0.4) is 0 Å². The lowest BCUT2D eigenvalue weighted by Crippen LogP contribution is -2.12. The molecule has 0 atom stereocenters. The summed E-state index contributed by atoms with van der Waals surface area (Å²) in [5, 5.41) is 10.4. The Hall–Kier alpha value is -2.59. The third kappa shape index (κ3) is 3.66. The van der Waals surface area contributed by atoms with Crippen LogP contribution in [0.4, 0.5) is 5.69 Å². The number of aromatic nitrogens is 2. The molecule has 0 bridgehead atoms. The molecular weight excluding hydrogens is 322 g/mol. The zero-order chi connectivity index (χ0) is 17.1. The number of carbonyl (C=O) groups is 1. The third-order valence-electron chi connectivity index (χ3n) is 3.78. The molecule has 2 N–H and O–H groups in total. The van der Waals surface area contributed by atoms with Crippen molar-refractivity contribution in [3.63, 3.8) is 0 Å². The van der Waals surface area contributed by atoms with Gasteiger partial charge in [0, 0.05) is 16.3 Å². The van der Waals surface area contributed by atoms with Crippen LogP contribution in [0.15, 0.2) is 54.6 Å². The van der Waals surface area contributed by atoms with Crippen molar-refractivity contribution in [3.8, 4) is 11.3 Å². The summed E-state index contributed by atoms with van der Waals surface area (Å²) in [7, 11) is 0. The molecule has 5 heteroatoms. The van der Waals surface area contributed by atoms with Gasteiger partial charge in [-0.15, -0.1) is 0 Å². The molecule has 1 aromatic heterocycles. The molecular formula is C19H18ClN3O. The minimum atomic E-state index is -0.229. The maximum atomic E-state index is 12.3. The molecule has 24 heavy (non-hydrogen) atoms. The molecule has 0 unspecified atom stereocenters. The summed E-state index contributed by atoms with van der Waals surface area (Å²) in [6.07, 6.45) is 0. The smallest absolute Gasteiger partial charge is 0.273 e. The SMILES string of the molecule is CC(C)c1ccc(NC(=O)c2cc(-c3cccc(Cl)c3)n[nH]2)cc1. The zero-order valence-corrected chi connectivity index (χ0v) is 14.3. The van der Waals surface area contributed by atoms with Gasteiger partial charge in [0.1, 0.15) is 5.69 Å². The first-order valence-electron chi connectivity index (χ1n) is 7.75. The van der Waals surface area contributed by atoms with E-state index < -0.39 is 0 Å². The van der Waals surface area contributed by atoms with Gasteiger partial charge in [-0.05, 0) is 41.8 Å². The molecule has 122 valence electrons. The number of halogens is 1. The molecule has 0 fully saturated rings. The fourth-order valence-corrected chi connectivity index (χ4v) is 2.57. The molecule has 0 saturated heterocycles. The van der Waals surface area contributed by atoms with E-state index in [0.717, 1.165) is 11.3 Å². The number of anilines is 1. The van der Waals surface area contributed by atoms with Gasteiger partial charge in [-0.25, -0.2) is 0 Å². The molecule has 3 aromatic rings. The first-order valence-corrected chi connectivity index (χ1v) is 8.13. The summed E-state index contributed by atoms with van der Waals surface area (Å²) in [6, 6.07) is 16.9. The van der Waals surface area contributed by atoms with Crippen LogP contribution in [0.1, 0.15) is 35.8 Å². The largest absolute Gasteiger partial charge is 0.321 e. The molecule has 3 rings (SSSR count). The molecule has 0 saturated carbocycles. The number of nitrogens with zero attached hydrogens (tertiary/aromatic N) is 1. The minimum absolute atomic E-state index is 0.229. The van der Waals surface area contributed by atoms with Crippen LogP contribution in [-0.2, 0) is 0 Å². The van der Waals surface area contributed by atoms with Crippen molar-refractivity contribution in [2.45, 2.75) is 19.8 Å². The molecule has 1 amide bonds. The first kappa shape index (κ1) is 16.3. The Bertz CT molecular complexity index is 853. The topological polar surface area (TPSA) is 57.8 Å². The molecule has 0 radical (unpaired) electrons. The summed E-state index contributed by atoms with van der Waals surface area (Å²) in [4.78, 5) is 12.3. The van der Waals surface area contributed by atoms with Gasteiger partial charge in [0.25, 0.3) is 5.91 Å². The number of H-pyrrole nitrogens is 1. The van der Waals surface area contributed by atoms with Crippen LogP contribution in [0.25, 0.3) is 11.3 Å². The van der Waals surface area contributed by atoms with E-state index in [2.05, 4.69) is 29.4 Å². The van der Waals surface area contributed by atoms with Crippen LogP contribution in [-0.4, -0.2) is 16.1 Å². The predicted octanol–water partition coefficient (Wildman–Crippen LogP) is 5.11. The van der Waals surface area contributed by atoms with Crippen LogP contribution < -0.4 is 5.32 Å². The molecule has 0 aliphatic carbocycles. The monoisotopic (exact) mass is 339 g/mol. The van der Waals surface area contributed by atoms with Gasteiger partial charge >= 0.3 is 0 Å². The van der Waals surface area contributed by atoms with Gasteiger partial charge in [0.15, 0.2) is 0 Å². The van der Waals surface area contributed by atoms with Gasteiger partial charge < -0.3 is 5.32 Å². The van der Waals surface area contributed by atoms with Crippen molar-refractivity contribution in [1.29, 1.82) is 0 Å². The van der Waals surface area contributed by atoms with Gasteiger partial charge in [0.05, 0.1) is 5.69 Å². The lowest BCUT2D eigenvalue weighted by atomic mass is 10.0. The molecule has 1 heterocycles.